The molecule has 3 nitrogen and oxygen atoms in total. The zero-order valence-electron chi connectivity index (χ0n) is 7.20. The first-order chi connectivity index (χ1) is 5.79. The first-order valence-corrected chi connectivity index (χ1v) is 4.76. The molecule has 68 valence electrons. The summed E-state index contributed by atoms with van der Waals surface area (Å²) >= 11 is 0. The van der Waals surface area contributed by atoms with E-state index in [-0.39, 0.29) is 5.92 Å². The molecule has 3 heteroatoms. The fraction of sp³-hybridized carbons (Fsp3) is 0.889. The Morgan fingerprint density at radius 3 is 2.33 bits per heavy atom. The number of carboxylic acid groups (broad SMARTS) is 1. The third-order valence-corrected chi connectivity index (χ3v) is 3.16. The summed E-state index contributed by atoms with van der Waals surface area (Å²) in [4.78, 5) is 13.1. The van der Waals surface area contributed by atoms with Crippen LogP contribution < -0.4 is 0 Å². The molecule has 1 saturated heterocycles. The van der Waals surface area contributed by atoms with Crippen LogP contribution in [0.5, 0.6) is 0 Å². The Bertz CT molecular complexity index is 187. The Balaban J connectivity index is 1.91. The van der Waals surface area contributed by atoms with E-state index < -0.39 is 5.97 Å². The number of carbonyl (C=O) groups is 1. The largest absolute Gasteiger partial charge is 0.481 e. The highest BCUT2D eigenvalue weighted by molar-refractivity contribution is 5.72. The van der Waals surface area contributed by atoms with Gasteiger partial charge in [0.2, 0.25) is 0 Å². The zero-order valence-corrected chi connectivity index (χ0v) is 7.20. The molecule has 1 N–H and O–H groups in total. The Labute approximate surface area is 72.4 Å². The fourth-order valence-electron chi connectivity index (χ4n) is 2.28. The van der Waals surface area contributed by atoms with E-state index in [9.17, 15) is 4.79 Å². The second-order valence-corrected chi connectivity index (χ2v) is 3.83. The predicted octanol–water partition coefficient (Wildman–Crippen LogP) is 0.945. The third-order valence-electron chi connectivity index (χ3n) is 3.16. The maximum absolute atomic E-state index is 10.7. The summed E-state index contributed by atoms with van der Waals surface area (Å²) in [7, 11) is 0. The Kier molecular flexibility index (Phi) is 2.05. The number of rotatable bonds is 2. The normalized spacial score (nSPS) is 36.3. The second-order valence-electron chi connectivity index (χ2n) is 3.83. The van der Waals surface area contributed by atoms with E-state index in [1.807, 2.05) is 0 Å². The number of hydrogen-bond donors (Lipinski definition) is 1. The zero-order chi connectivity index (χ0) is 8.55. The predicted molar refractivity (Wildman–Crippen MR) is 45.0 cm³/mol. The van der Waals surface area contributed by atoms with Crippen molar-refractivity contribution in [2.75, 3.05) is 13.1 Å². The molecule has 0 bridgehead atoms. The molecule has 2 unspecified atom stereocenters. The van der Waals surface area contributed by atoms with Gasteiger partial charge in [-0.3, -0.25) is 9.69 Å². The SMILES string of the molecule is O=C(O)C1CCC1N1CCCC1. The van der Waals surface area contributed by atoms with Crippen LogP contribution in [-0.2, 0) is 4.79 Å². The highest BCUT2D eigenvalue weighted by atomic mass is 16.4. The van der Waals surface area contributed by atoms with Crippen molar-refractivity contribution >= 4 is 5.97 Å². The summed E-state index contributed by atoms with van der Waals surface area (Å²) in [6.45, 7) is 2.24. The molecular weight excluding hydrogens is 154 g/mol. The van der Waals surface area contributed by atoms with Gasteiger partial charge in [-0.05, 0) is 38.8 Å². The van der Waals surface area contributed by atoms with Crippen LogP contribution in [0.15, 0.2) is 0 Å². The van der Waals surface area contributed by atoms with Crippen LogP contribution in [0.3, 0.4) is 0 Å². The minimum atomic E-state index is -0.599. The van der Waals surface area contributed by atoms with Gasteiger partial charge in [0.05, 0.1) is 5.92 Å². The van der Waals surface area contributed by atoms with Gasteiger partial charge in [-0.2, -0.15) is 0 Å². The smallest absolute Gasteiger partial charge is 0.308 e. The van der Waals surface area contributed by atoms with Crippen molar-refractivity contribution in [3.05, 3.63) is 0 Å². The van der Waals surface area contributed by atoms with E-state index in [4.69, 9.17) is 5.11 Å². The van der Waals surface area contributed by atoms with Crippen molar-refractivity contribution in [3.63, 3.8) is 0 Å². The van der Waals surface area contributed by atoms with E-state index in [1.54, 1.807) is 0 Å². The molecular formula is C9H15NO2. The summed E-state index contributed by atoms with van der Waals surface area (Å²) in [5.41, 5.74) is 0. The maximum atomic E-state index is 10.7. The minimum Gasteiger partial charge on any atom is -0.481 e. The highest BCUT2D eigenvalue weighted by Gasteiger charge is 2.40. The van der Waals surface area contributed by atoms with Crippen LogP contribution in [0.2, 0.25) is 0 Å². The van der Waals surface area contributed by atoms with Gasteiger partial charge in [0.25, 0.3) is 0 Å². The van der Waals surface area contributed by atoms with Crippen LogP contribution in [0, 0.1) is 5.92 Å². The first-order valence-electron chi connectivity index (χ1n) is 4.76. The van der Waals surface area contributed by atoms with Gasteiger partial charge < -0.3 is 5.11 Å². The van der Waals surface area contributed by atoms with E-state index >= 15 is 0 Å². The molecule has 1 heterocycles. The number of nitrogens with zero attached hydrogens (tertiary/aromatic N) is 1. The van der Waals surface area contributed by atoms with Gasteiger partial charge in [-0.1, -0.05) is 0 Å². The van der Waals surface area contributed by atoms with Gasteiger partial charge >= 0.3 is 5.97 Å². The molecule has 1 saturated carbocycles. The number of hydrogen-bond acceptors (Lipinski definition) is 2. The molecule has 0 aromatic carbocycles. The summed E-state index contributed by atoms with van der Waals surface area (Å²) in [6, 6.07) is 0.366. The number of carboxylic acids is 1. The highest BCUT2D eigenvalue weighted by Crippen LogP contribution is 2.34. The van der Waals surface area contributed by atoms with E-state index in [0.717, 1.165) is 25.9 Å². The molecule has 0 spiro atoms. The third kappa shape index (κ3) is 1.22. The molecule has 2 fully saturated rings. The van der Waals surface area contributed by atoms with Crippen LogP contribution in [0.25, 0.3) is 0 Å². The molecule has 0 aromatic rings. The summed E-state index contributed by atoms with van der Waals surface area (Å²) in [5.74, 6) is -0.666. The lowest BCUT2D eigenvalue weighted by atomic mass is 9.78. The Morgan fingerprint density at radius 2 is 1.92 bits per heavy atom. The van der Waals surface area contributed by atoms with Crippen LogP contribution in [0.4, 0.5) is 0 Å². The molecule has 2 aliphatic rings. The van der Waals surface area contributed by atoms with E-state index in [0.29, 0.717) is 6.04 Å². The van der Waals surface area contributed by atoms with Crippen molar-refractivity contribution < 1.29 is 9.90 Å². The van der Waals surface area contributed by atoms with Crippen molar-refractivity contribution in [2.45, 2.75) is 31.7 Å². The quantitative estimate of drug-likeness (QED) is 0.669. The topological polar surface area (TPSA) is 40.5 Å². The van der Waals surface area contributed by atoms with Crippen molar-refractivity contribution in [2.24, 2.45) is 5.92 Å². The van der Waals surface area contributed by atoms with Crippen LogP contribution in [0.1, 0.15) is 25.7 Å². The molecule has 0 amide bonds. The molecule has 2 atom stereocenters. The van der Waals surface area contributed by atoms with Crippen molar-refractivity contribution in [1.82, 2.24) is 4.90 Å². The summed E-state index contributed by atoms with van der Waals surface area (Å²) in [6.07, 6.45) is 4.49. The van der Waals surface area contributed by atoms with Gasteiger partial charge in [-0.15, -0.1) is 0 Å². The monoisotopic (exact) mass is 169 g/mol. The molecule has 0 radical (unpaired) electrons. The Morgan fingerprint density at radius 1 is 1.25 bits per heavy atom. The fourth-order valence-corrected chi connectivity index (χ4v) is 2.28. The molecule has 1 aliphatic heterocycles. The summed E-state index contributed by atoms with van der Waals surface area (Å²) in [5, 5.41) is 8.84. The lowest BCUT2D eigenvalue weighted by Gasteiger charge is -2.40. The summed E-state index contributed by atoms with van der Waals surface area (Å²) < 4.78 is 0. The number of aliphatic carboxylic acids is 1. The Hall–Kier alpha value is -0.570. The second kappa shape index (κ2) is 3.05. The van der Waals surface area contributed by atoms with Crippen molar-refractivity contribution in [1.29, 1.82) is 0 Å². The van der Waals surface area contributed by atoms with Gasteiger partial charge in [-0.25, -0.2) is 0 Å². The first kappa shape index (κ1) is 8.05. The standard InChI is InChI=1S/C9H15NO2/c11-9(12)7-3-4-8(7)10-5-1-2-6-10/h7-8H,1-6H2,(H,11,12). The van der Waals surface area contributed by atoms with Crippen LogP contribution in [-0.4, -0.2) is 35.1 Å². The lowest BCUT2D eigenvalue weighted by Crippen LogP contribution is -2.48. The van der Waals surface area contributed by atoms with Crippen molar-refractivity contribution in [3.8, 4) is 0 Å². The average Bonchev–Trinajstić information content (AvgIpc) is 2.35. The molecule has 12 heavy (non-hydrogen) atoms. The van der Waals surface area contributed by atoms with E-state index in [2.05, 4.69) is 4.90 Å². The minimum absolute atomic E-state index is 0.0666. The maximum Gasteiger partial charge on any atom is 0.308 e. The van der Waals surface area contributed by atoms with E-state index in [1.165, 1.54) is 12.8 Å². The molecule has 1 aliphatic carbocycles. The molecule has 0 aromatic heterocycles. The van der Waals surface area contributed by atoms with Gasteiger partial charge in [0.1, 0.15) is 0 Å². The lowest BCUT2D eigenvalue weighted by molar-refractivity contribution is -0.148. The van der Waals surface area contributed by atoms with Gasteiger partial charge in [0.15, 0.2) is 0 Å². The average molecular weight is 169 g/mol. The van der Waals surface area contributed by atoms with Crippen LogP contribution >= 0.6 is 0 Å². The molecule has 2 rings (SSSR count). The number of likely N-dealkylation sites (tertiary alicyclic amines) is 1. The van der Waals surface area contributed by atoms with Gasteiger partial charge in [0, 0.05) is 6.04 Å².